The monoisotopic (exact) mass is 309 g/mol. The minimum atomic E-state index is -1.11. The van der Waals surface area contributed by atoms with Gasteiger partial charge in [0.05, 0.1) is 6.04 Å². The average Bonchev–Trinajstić information content (AvgIpc) is 2.44. The molecule has 0 saturated carbocycles. The molecule has 0 radical (unpaired) electrons. The van der Waals surface area contributed by atoms with Crippen molar-refractivity contribution in [1.82, 2.24) is 4.90 Å². The summed E-state index contributed by atoms with van der Waals surface area (Å²) in [4.78, 5) is 23.5. The van der Waals surface area contributed by atoms with E-state index >= 15 is 0 Å². The van der Waals surface area contributed by atoms with E-state index in [1.54, 1.807) is 0 Å². The second-order valence-electron chi connectivity index (χ2n) is 6.14. The van der Waals surface area contributed by atoms with Crippen LogP contribution in [0.4, 0.5) is 4.39 Å². The van der Waals surface area contributed by atoms with Gasteiger partial charge in [0.2, 0.25) is 6.41 Å². The lowest BCUT2D eigenvalue weighted by molar-refractivity contribution is -0.143. The second-order valence-corrected chi connectivity index (χ2v) is 6.14. The highest BCUT2D eigenvalue weighted by Gasteiger charge is 2.42. The molecular formula is C16H20FNO4. The molecule has 1 amide bonds. The zero-order chi connectivity index (χ0) is 16.5. The molecule has 0 saturated heterocycles. The molecule has 120 valence electrons. The number of hydrogen-bond donors (Lipinski definition) is 1. The molecule has 1 aliphatic rings. The molecule has 1 aromatic carbocycles. The van der Waals surface area contributed by atoms with Crippen molar-refractivity contribution in [3.8, 4) is 5.75 Å². The van der Waals surface area contributed by atoms with Crippen molar-refractivity contribution < 1.29 is 23.8 Å². The lowest BCUT2D eigenvalue weighted by Gasteiger charge is -2.44. The normalized spacial score (nSPS) is 23.6. The summed E-state index contributed by atoms with van der Waals surface area (Å²) in [6.45, 7) is 5.47. The van der Waals surface area contributed by atoms with Gasteiger partial charge in [-0.2, -0.15) is 0 Å². The molecule has 0 fully saturated rings. The van der Waals surface area contributed by atoms with E-state index in [2.05, 4.69) is 0 Å². The summed E-state index contributed by atoms with van der Waals surface area (Å²) in [7, 11) is 0. The van der Waals surface area contributed by atoms with E-state index in [-0.39, 0.29) is 5.92 Å². The quantitative estimate of drug-likeness (QED) is 0.849. The van der Waals surface area contributed by atoms with Gasteiger partial charge in [0, 0.05) is 12.0 Å². The summed E-state index contributed by atoms with van der Waals surface area (Å²) in [5, 5.41) is 8.98. The third-order valence-electron chi connectivity index (χ3n) is 4.35. The Morgan fingerprint density at radius 1 is 1.59 bits per heavy atom. The van der Waals surface area contributed by atoms with Crippen molar-refractivity contribution in [2.75, 3.05) is 6.54 Å². The van der Waals surface area contributed by atoms with Crippen LogP contribution in [-0.4, -0.2) is 34.5 Å². The Balaban J connectivity index is 2.48. The molecule has 1 aromatic rings. The average molecular weight is 309 g/mol. The number of ether oxygens (including phenoxy) is 1. The van der Waals surface area contributed by atoms with Gasteiger partial charge >= 0.3 is 5.97 Å². The van der Waals surface area contributed by atoms with E-state index in [0.29, 0.717) is 24.1 Å². The summed E-state index contributed by atoms with van der Waals surface area (Å²) in [6.07, 6.45) is 0.909. The highest BCUT2D eigenvalue weighted by atomic mass is 19.1. The Bertz CT molecular complexity index is 590. The summed E-state index contributed by atoms with van der Waals surface area (Å²) < 4.78 is 19.6. The Labute approximate surface area is 128 Å². The number of halogens is 1. The molecule has 6 heteroatoms. The van der Waals surface area contributed by atoms with Crippen LogP contribution in [0, 0.1) is 11.7 Å². The van der Waals surface area contributed by atoms with E-state index < -0.39 is 30.0 Å². The summed E-state index contributed by atoms with van der Waals surface area (Å²) in [6, 6.07) is 3.60. The number of carboxylic acid groups (broad SMARTS) is 1. The second kappa shape index (κ2) is 5.94. The number of nitrogens with zero attached hydrogens (tertiary/aromatic N) is 1. The van der Waals surface area contributed by atoms with Gasteiger partial charge in [0.1, 0.15) is 23.7 Å². The van der Waals surface area contributed by atoms with Crippen LogP contribution in [-0.2, 0) is 9.59 Å². The number of carboxylic acids is 1. The summed E-state index contributed by atoms with van der Waals surface area (Å²) in [5.74, 6) is -0.915. The van der Waals surface area contributed by atoms with Crippen LogP contribution in [0.1, 0.15) is 38.8 Å². The van der Waals surface area contributed by atoms with Gasteiger partial charge in [-0.1, -0.05) is 13.8 Å². The fourth-order valence-corrected chi connectivity index (χ4v) is 2.69. The Hall–Kier alpha value is -2.11. The SMILES string of the molecule is CC(C)C1(C)CC(N(C=O)CC(=O)O)c2cc(F)ccc2O1. The predicted octanol–water partition coefficient (Wildman–Crippen LogP) is 2.61. The van der Waals surface area contributed by atoms with Crippen LogP contribution in [0.15, 0.2) is 18.2 Å². The number of fused-ring (bicyclic) bond motifs is 1. The molecule has 1 aliphatic heterocycles. The largest absolute Gasteiger partial charge is 0.487 e. The van der Waals surface area contributed by atoms with Crippen LogP contribution >= 0.6 is 0 Å². The highest BCUT2D eigenvalue weighted by Crippen LogP contribution is 2.45. The Morgan fingerprint density at radius 2 is 2.27 bits per heavy atom. The lowest BCUT2D eigenvalue weighted by atomic mass is 9.80. The van der Waals surface area contributed by atoms with Gasteiger partial charge in [-0.3, -0.25) is 9.59 Å². The van der Waals surface area contributed by atoms with E-state index in [1.807, 2.05) is 20.8 Å². The zero-order valence-corrected chi connectivity index (χ0v) is 12.9. The van der Waals surface area contributed by atoms with Crippen molar-refractivity contribution in [1.29, 1.82) is 0 Å². The number of carbonyl (C=O) groups excluding carboxylic acids is 1. The first-order valence-corrected chi connectivity index (χ1v) is 7.18. The zero-order valence-electron chi connectivity index (χ0n) is 12.9. The molecule has 2 atom stereocenters. The maximum absolute atomic E-state index is 13.6. The third-order valence-corrected chi connectivity index (χ3v) is 4.35. The molecule has 0 aromatic heterocycles. The smallest absolute Gasteiger partial charge is 0.323 e. The first-order chi connectivity index (χ1) is 10.3. The molecule has 0 bridgehead atoms. The van der Waals surface area contributed by atoms with Crippen LogP contribution in [0.3, 0.4) is 0 Å². The highest BCUT2D eigenvalue weighted by molar-refractivity contribution is 5.72. The summed E-state index contributed by atoms with van der Waals surface area (Å²) >= 11 is 0. The Morgan fingerprint density at radius 3 is 2.82 bits per heavy atom. The van der Waals surface area contributed by atoms with Gasteiger partial charge in [0.15, 0.2) is 0 Å². The third kappa shape index (κ3) is 3.05. The lowest BCUT2D eigenvalue weighted by Crippen LogP contribution is -2.47. The maximum Gasteiger partial charge on any atom is 0.323 e. The molecule has 1 heterocycles. The molecular weight excluding hydrogens is 289 g/mol. The van der Waals surface area contributed by atoms with Crippen molar-refractivity contribution in [2.45, 2.75) is 38.8 Å². The minimum Gasteiger partial charge on any atom is -0.487 e. The van der Waals surface area contributed by atoms with Gasteiger partial charge < -0.3 is 14.7 Å². The first kappa shape index (κ1) is 16.3. The number of benzene rings is 1. The fourth-order valence-electron chi connectivity index (χ4n) is 2.69. The van der Waals surface area contributed by atoms with Crippen molar-refractivity contribution in [3.05, 3.63) is 29.6 Å². The van der Waals surface area contributed by atoms with Crippen molar-refractivity contribution in [3.63, 3.8) is 0 Å². The van der Waals surface area contributed by atoms with E-state index in [9.17, 15) is 14.0 Å². The molecule has 0 spiro atoms. The Kier molecular flexibility index (Phi) is 4.39. The van der Waals surface area contributed by atoms with Crippen LogP contribution in [0.2, 0.25) is 0 Å². The number of hydrogen-bond acceptors (Lipinski definition) is 3. The van der Waals surface area contributed by atoms with Crippen LogP contribution in [0.25, 0.3) is 0 Å². The predicted molar refractivity (Wildman–Crippen MR) is 78.0 cm³/mol. The van der Waals surface area contributed by atoms with Gasteiger partial charge in [-0.15, -0.1) is 0 Å². The summed E-state index contributed by atoms with van der Waals surface area (Å²) in [5.41, 5.74) is -0.0543. The molecule has 2 unspecified atom stereocenters. The molecule has 5 nitrogen and oxygen atoms in total. The minimum absolute atomic E-state index is 0.145. The van der Waals surface area contributed by atoms with Crippen LogP contribution in [0.5, 0.6) is 5.75 Å². The van der Waals surface area contributed by atoms with E-state index in [0.717, 1.165) is 0 Å². The standard InChI is InChI=1S/C16H20FNO4/c1-10(2)16(3)7-13(18(9-19)8-15(20)21)12-6-11(17)4-5-14(12)22-16/h4-6,9-10,13H,7-8H2,1-3H3,(H,20,21). The van der Waals surface area contributed by atoms with Gasteiger partial charge in [-0.25, -0.2) is 4.39 Å². The first-order valence-electron chi connectivity index (χ1n) is 7.18. The maximum atomic E-state index is 13.6. The van der Waals surface area contributed by atoms with Gasteiger partial charge in [-0.05, 0) is 31.0 Å². The number of amides is 1. The van der Waals surface area contributed by atoms with E-state index in [4.69, 9.17) is 9.84 Å². The van der Waals surface area contributed by atoms with Crippen LogP contribution < -0.4 is 4.74 Å². The number of aliphatic carboxylic acids is 1. The molecule has 0 aliphatic carbocycles. The fraction of sp³-hybridized carbons (Fsp3) is 0.500. The van der Waals surface area contributed by atoms with Crippen molar-refractivity contribution >= 4 is 12.4 Å². The van der Waals surface area contributed by atoms with Crippen molar-refractivity contribution in [2.24, 2.45) is 5.92 Å². The topological polar surface area (TPSA) is 66.8 Å². The molecule has 22 heavy (non-hydrogen) atoms. The molecule has 1 N–H and O–H groups in total. The molecule has 2 rings (SSSR count). The van der Waals surface area contributed by atoms with Gasteiger partial charge in [0.25, 0.3) is 0 Å². The van der Waals surface area contributed by atoms with E-state index in [1.165, 1.54) is 23.1 Å². The number of rotatable bonds is 5. The number of carbonyl (C=O) groups is 2.